The Labute approximate surface area is 215 Å². The van der Waals surface area contributed by atoms with E-state index in [0.717, 1.165) is 12.1 Å². The number of ketones is 1. The van der Waals surface area contributed by atoms with E-state index in [-0.39, 0.29) is 22.0 Å². The number of carbonyl (C=O) groups excluding carboxylic acids is 2. The summed E-state index contributed by atoms with van der Waals surface area (Å²) in [6.45, 7) is -2.07. The minimum Gasteiger partial charge on any atom is -0.382 e. The van der Waals surface area contributed by atoms with E-state index in [0.29, 0.717) is 15.3 Å². The number of hydrogen-bond acceptors (Lipinski definition) is 5. The lowest BCUT2D eigenvalue weighted by atomic mass is 9.91. The molecular weight excluding hydrogens is 546 g/mol. The van der Waals surface area contributed by atoms with Crippen LogP contribution in [0.15, 0.2) is 53.3 Å². The average Bonchev–Trinajstić information content (AvgIpc) is 3.11. The van der Waals surface area contributed by atoms with Crippen molar-refractivity contribution in [2.45, 2.75) is 43.9 Å². The van der Waals surface area contributed by atoms with Crippen molar-refractivity contribution in [2.75, 3.05) is 0 Å². The van der Waals surface area contributed by atoms with Crippen LogP contribution >= 0.6 is 11.6 Å². The highest BCUT2D eigenvalue weighted by atomic mass is 35.5. The highest BCUT2D eigenvalue weighted by molar-refractivity contribution is 6.30. The van der Waals surface area contributed by atoms with Gasteiger partial charge in [-0.3, -0.25) is 14.2 Å². The van der Waals surface area contributed by atoms with Crippen LogP contribution in [0, 0.1) is 0 Å². The minimum absolute atomic E-state index is 0.144. The molecule has 204 valence electrons. The van der Waals surface area contributed by atoms with Crippen molar-refractivity contribution in [3.05, 3.63) is 75.2 Å². The molecule has 0 radical (unpaired) electrons. The Hall–Kier alpha value is -3.65. The number of nitrogens with zero attached hydrogens (tertiary/aromatic N) is 3. The molecule has 0 aliphatic carbocycles. The van der Waals surface area contributed by atoms with Crippen LogP contribution < -0.4 is 11.4 Å². The van der Waals surface area contributed by atoms with E-state index in [1.807, 2.05) is 0 Å². The Bertz CT molecular complexity index is 1380. The van der Waals surface area contributed by atoms with Gasteiger partial charge < -0.3 is 10.8 Å². The van der Waals surface area contributed by atoms with Gasteiger partial charge in [-0.25, -0.2) is 9.48 Å². The fourth-order valence-electron chi connectivity index (χ4n) is 3.57. The van der Waals surface area contributed by atoms with Crippen molar-refractivity contribution >= 4 is 23.3 Å². The van der Waals surface area contributed by atoms with Crippen LogP contribution in [0.3, 0.4) is 0 Å². The molecule has 38 heavy (non-hydrogen) atoms. The molecule has 3 rings (SSSR count). The fourth-order valence-corrected chi connectivity index (χ4v) is 3.70. The van der Waals surface area contributed by atoms with Gasteiger partial charge in [0.05, 0.1) is 18.0 Å². The number of alkyl halides is 6. The zero-order chi connectivity index (χ0) is 28.4. The molecule has 0 saturated carbocycles. The van der Waals surface area contributed by atoms with Gasteiger partial charge in [-0.15, -0.1) is 5.10 Å². The molecule has 0 aliphatic heterocycles. The van der Waals surface area contributed by atoms with Gasteiger partial charge >= 0.3 is 18.0 Å². The number of carbonyl (C=O) groups is 2. The van der Waals surface area contributed by atoms with Crippen LogP contribution in [-0.2, 0) is 28.9 Å². The van der Waals surface area contributed by atoms with Crippen molar-refractivity contribution in [3.63, 3.8) is 0 Å². The third kappa shape index (κ3) is 6.81. The number of aromatic nitrogens is 3. The maximum atomic E-state index is 13.1. The molecule has 0 bridgehead atoms. The number of aliphatic hydroxyl groups excluding tert-OH is 1. The number of nitrogens with two attached hydrogens (primary N) is 1. The largest absolute Gasteiger partial charge is 0.416 e. The summed E-state index contributed by atoms with van der Waals surface area (Å²) in [5.41, 5.74) is 3.01. The van der Waals surface area contributed by atoms with Crippen LogP contribution in [0.4, 0.5) is 26.3 Å². The number of primary amides is 1. The van der Waals surface area contributed by atoms with Crippen molar-refractivity contribution in [1.82, 2.24) is 14.3 Å². The molecule has 0 aliphatic rings. The normalized spacial score (nSPS) is 13.8. The number of amides is 1. The molecule has 2 atom stereocenters. The van der Waals surface area contributed by atoms with Gasteiger partial charge in [0.1, 0.15) is 6.54 Å². The number of Topliss-reactive ketones (excluding diaryl/α,β-unsaturated/α-hetero) is 1. The Balaban J connectivity index is 1.93. The first-order chi connectivity index (χ1) is 17.6. The SMILES string of the molecule is NC(=O)[C@H](CC(=O)Cn1nc(-c2ccc(Cl)cc2)n(C[C@H](O)C(F)(F)F)c1=O)c1cccc(C(F)(F)F)c1. The molecule has 0 fully saturated rings. The number of aliphatic hydroxyl groups is 1. The molecule has 15 heteroatoms. The summed E-state index contributed by atoms with van der Waals surface area (Å²) in [5.74, 6) is -3.76. The van der Waals surface area contributed by atoms with E-state index >= 15 is 0 Å². The number of rotatable bonds is 9. The van der Waals surface area contributed by atoms with E-state index in [2.05, 4.69) is 5.10 Å². The molecule has 1 amide bonds. The molecular formula is C23H19ClF6N4O4. The van der Waals surface area contributed by atoms with Crippen LogP contribution in [0.25, 0.3) is 11.4 Å². The highest BCUT2D eigenvalue weighted by Gasteiger charge is 2.39. The van der Waals surface area contributed by atoms with Crippen LogP contribution in [0.5, 0.6) is 0 Å². The van der Waals surface area contributed by atoms with Crippen molar-refractivity contribution in [2.24, 2.45) is 5.73 Å². The smallest absolute Gasteiger partial charge is 0.382 e. The van der Waals surface area contributed by atoms with E-state index < -0.39 is 66.8 Å². The second-order valence-corrected chi connectivity index (χ2v) is 8.70. The maximum Gasteiger partial charge on any atom is 0.416 e. The molecule has 3 N–H and O–H groups in total. The monoisotopic (exact) mass is 564 g/mol. The lowest BCUT2D eigenvalue weighted by Gasteiger charge is -2.15. The van der Waals surface area contributed by atoms with Gasteiger partial charge in [0.15, 0.2) is 17.7 Å². The summed E-state index contributed by atoms with van der Waals surface area (Å²) in [4.78, 5) is 37.6. The third-order valence-corrected chi connectivity index (χ3v) is 5.73. The predicted octanol–water partition coefficient (Wildman–Crippen LogP) is 3.54. The summed E-state index contributed by atoms with van der Waals surface area (Å²) < 4.78 is 79.2. The topological polar surface area (TPSA) is 120 Å². The minimum atomic E-state index is -5.06. The second kappa shape index (κ2) is 11.0. The van der Waals surface area contributed by atoms with Crippen LogP contribution in [0.2, 0.25) is 5.02 Å². The zero-order valence-electron chi connectivity index (χ0n) is 19.1. The van der Waals surface area contributed by atoms with Gasteiger partial charge in [-0.05, 0) is 35.9 Å². The quantitative estimate of drug-likeness (QED) is 0.385. The molecule has 0 spiro atoms. The Morgan fingerprint density at radius 3 is 2.24 bits per heavy atom. The summed E-state index contributed by atoms with van der Waals surface area (Å²) in [6.07, 6.45) is -13.4. The van der Waals surface area contributed by atoms with Crippen molar-refractivity contribution < 1.29 is 41.0 Å². The highest BCUT2D eigenvalue weighted by Crippen LogP contribution is 2.32. The Morgan fingerprint density at radius 1 is 1.05 bits per heavy atom. The lowest BCUT2D eigenvalue weighted by molar-refractivity contribution is -0.207. The van der Waals surface area contributed by atoms with Crippen LogP contribution in [0.1, 0.15) is 23.5 Å². The summed E-state index contributed by atoms with van der Waals surface area (Å²) in [7, 11) is 0. The first-order valence-corrected chi connectivity index (χ1v) is 11.1. The second-order valence-electron chi connectivity index (χ2n) is 8.26. The number of halogens is 7. The zero-order valence-corrected chi connectivity index (χ0v) is 19.9. The van der Waals surface area contributed by atoms with Crippen molar-refractivity contribution in [1.29, 1.82) is 0 Å². The molecule has 0 saturated heterocycles. The van der Waals surface area contributed by atoms with Crippen molar-refractivity contribution in [3.8, 4) is 11.4 Å². The number of benzene rings is 2. The first-order valence-electron chi connectivity index (χ1n) is 10.7. The van der Waals surface area contributed by atoms with Gasteiger partial charge in [0.25, 0.3) is 0 Å². The molecule has 1 aromatic heterocycles. The molecule has 2 aromatic carbocycles. The third-order valence-electron chi connectivity index (χ3n) is 5.48. The van der Waals surface area contributed by atoms with Gasteiger partial charge in [-0.1, -0.05) is 29.8 Å². The van der Waals surface area contributed by atoms with Gasteiger partial charge in [0, 0.05) is 17.0 Å². The first kappa shape index (κ1) is 28.9. The molecule has 3 aromatic rings. The predicted molar refractivity (Wildman–Crippen MR) is 122 cm³/mol. The Kier molecular flexibility index (Phi) is 8.36. The van der Waals surface area contributed by atoms with E-state index in [4.69, 9.17) is 17.3 Å². The number of hydrogen-bond donors (Lipinski definition) is 2. The Morgan fingerprint density at radius 2 is 1.68 bits per heavy atom. The molecule has 0 unspecified atom stereocenters. The van der Waals surface area contributed by atoms with E-state index in [1.54, 1.807) is 0 Å². The van der Waals surface area contributed by atoms with E-state index in [9.17, 15) is 45.8 Å². The van der Waals surface area contributed by atoms with E-state index in [1.165, 1.54) is 30.3 Å². The van der Waals surface area contributed by atoms with Gasteiger partial charge in [-0.2, -0.15) is 26.3 Å². The maximum absolute atomic E-state index is 13.1. The summed E-state index contributed by atoms with van der Waals surface area (Å²) >= 11 is 5.82. The summed E-state index contributed by atoms with van der Waals surface area (Å²) in [5, 5.41) is 13.7. The van der Waals surface area contributed by atoms with Crippen LogP contribution in [-0.4, -0.2) is 43.4 Å². The van der Waals surface area contributed by atoms with Gasteiger partial charge in [0.2, 0.25) is 5.91 Å². The lowest BCUT2D eigenvalue weighted by Crippen LogP contribution is -2.37. The fraction of sp³-hybridized carbons (Fsp3) is 0.304. The molecule has 8 nitrogen and oxygen atoms in total. The standard InChI is InChI=1S/C23H19ClF6N4O4/c24-15-6-4-12(5-7-15)20-32-34(21(38)33(20)11-18(36)23(28,29)30)10-16(35)9-17(19(31)37)13-2-1-3-14(8-13)22(25,26)27/h1-8,17-18,36H,9-11H2,(H2,31,37)/t17-,18+/m1/s1. The average molecular weight is 565 g/mol. The molecule has 1 heterocycles. The summed E-state index contributed by atoms with van der Waals surface area (Å²) in [6, 6.07) is 9.10.